The number of ether oxygens (including phenoxy) is 3. The third-order valence-electron chi connectivity index (χ3n) is 6.62. The predicted molar refractivity (Wildman–Crippen MR) is 150 cm³/mol. The molecule has 0 aromatic heterocycles. The molecule has 0 saturated carbocycles. The van der Waals surface area contributed by atoms with Gasteiger partial charge >= 0.3 is 228 Å². The van der Waals surface area contributed by atoms with E-state index in [1.54, 1.807) is 6.92 Å². The molecule has 0 N–H and O–H groups in total. The molecule has 2 unspecified atom stereocenters. The summed E-state index contributed by atoms with van der Waals surface area (Å²) in [4.78, 5) is 13.0. The molecule has 3 aromatic rings. The fraction of sp³-hybridized carbons (Fsp3) is 0.406. The first-order valence-corrected chi connectivity index (χ1v) is 14.9. The van der Waals surface area contributed by atoms with Crippen LogP contribution in [-0.4, -0.2) is 45.3 Å². The number of Topliss-reactive ketones (excluding diaryl/α,β-unsaturated/α-hetero) is 1. The van der Waals surface area contributed by atoms with Gasteiger partial charge in [-0.05, 0) is 0 Å². The molecule has 196 valence electrons. The average molecular weight is 566 g/mol. The van der Waals surface area contributed by atoms with Crippen LogP contribution in [0.15, 0.2) is 72.8 Å². The van der Waals surface area contributed by atoms with Gasteiger partial charge in [-0.2, -0.15) is 0 Å². The van der Waals surface area contributed by atoms with Crippen LogP contribution >= 0.6 is 0 Å². The van der Waals surface area contributed by atoms with Crippen LogP contribution in [0.4, 0.5) is 0 Å². The Morgan fingerprint density at radius 2 is 1.62 bits per heavy atom. The van der Waals surface area contributed by atoms with E-state index in [9.17, 15) is 4.79 Å². The first kappa shape index (κ1) is 27.8. The van der Waals surface area contributed by atoms with Gasteiger partial charge in [0.15, 0.2) is 0 Å². The van der Waals surface area contributed by atoms with Crippen molar-refractivity contribution in [2.24, 2.45) is 0 Å². The number of benzene rings is 3. The van der Waals surface area contributed by atoms with E-state index in [0.29, 0.717) is 13.2 Å². The Bertz CT molecular complexity index is 1180. The molecular formula is C32H38O4Se. The SMILES string of the molecule is CC(=O)c1c(C)cc(C)cc1C(CC[C@@H]1OC(C)(C)OC1COCc1ccccc1)[Se]c1ccccc1. The van der Waals surface area contributed by atoms with Crippen molar-refractivity contribution < 1.29 is 19.0 Å². The third-order valence-corrected chi connectivity index (χ3v) is 9.39. The fourth-order valence-electron chi connectivity index (χ4n) is 5.15. The van der Waals surface area contributed by atoms with E-state index in [-0.39, 0.29) is 37.8 Å². The molecule has 1 saturated heterocycles. The summed E-state index contributed by atoms with van der Waals surface area (Å²) in [5.74, 6) is -0.508. The fourth-order valence-corrected chi connectivity index (χ4v) is 7.69. The number of carbonyl (C=O) groups is 1. The Hall–Kier alpha value is -2.27. The van der Waals surface area contributed by atoms with Crippen LogP contribution in [0.3, 0.4) is 0 Å². The Kier molecular flexibility index (Phi) is 9.39. The van der Waals surface area contributed by atoms with E-state index in [0.717, 1.165) is 29.5 Å². The minimum absolute atomic E-state index is 0.0634. The van der Waals surface area contributed by atoms with E-state index < -0.39 is 5.79 Å². The van der Waals surface area contributed by atoms with Gasteiger partial charge in [-0.1, -0.05) is 0 Å². The molecule has 0 spiro atoms. The maximum atomic E-state index is 12.7. The van der Waals surface area contributed by atoms with E-state index in [2.05, 4.69) is 68.4 Å². The van der Waals surface area contributed by atoms with Gasteiger partial charge in [0.2, 0.25) is 0 Å². The average Bonchev–Trinajstić information content (AvgIpc) is 3.15. The zero-order valence-corrected chi connectivity index (χ0v) is 24.2. The van der Waals surface area contributed by atoms with Crippen LogP contribution in [-0.2, 0) is 20.8 Å². The Morgan fingerprint density at radius 3 is 2.30 bits per heavy atom. The standard InChI is InChI=1S/C32H38O4Se/c1-22-18-23(2)31(24(3)33)27(19-22)30(37-26-14-10-7-11-15-26)17-16-28-29(36-32(4,5)35-28)21-34-20-25-12-8-6-9-13-25/h6-15,18-19,28-30H,16-17,20-21H2,1-5H3/t28-,29?,30?/m0/s1. The maximum absolute atomic E-state index is 12.7. The molecule has 0 aliphatic carbocycles. The first-order valence-electron chi connectivity index (χ1n) is 13.0. The van der Waals surface area contributed by atoms with Crippen molar-refractivity contribution in [3.63, 3.8) is 0 Å². The summed E-state index contributed by atoms with van der Waals surface area (Å²) in [6.07, 6.45) is 1.56. The van der Waals surface area contributed by atoms with Gasteiger partial charge in [-0.15, -0.1) is 0 Å². The van der Waals surface area contributed by atoms with E-state index in [1.807, 2.05) is 32.0 Å². The minimum atomic E-state index is -0.643. The third kappa shape index (κ3) is 7.63. The van der Waals surface area contributed by atoms with Gasteiger partial charge in [-0.3, -0.25) is 0 Å². The zero-order chi connectivity index (χ0) is 26.4. The van der Waals surface area contributed by atoms with Gasteiger partial charge < -0.3 is 0 Å². The summed E-state index contributed by atoms with van der Waals surface area (Å²) < 4.78 is 20.0. The molecule has 37 heavy (non-hydrogen) atoms. The van der Waals surface area contributed by atoms with Crippen LogP contribution in [0.5, 0.6) is 0 Å². The quantitative estimate of drug-likeness (QED) is 0.208. The van der Waals surface area contributed by atoms with Crippen molar-refractivity contribution in [1.29, 1.82) is 0 Å². The molecule has 3 atom stereocenters. The van der Waals surface area contributed by atoms with Gasteiger partial charge in [0.25, 0.3) is 0 Å². The van der Waals surface area contributed by atoms with Crippen molar-refractivity contribution in [2.75, 3.05) is 6.61 Å². The van der Waals surface area contributed by atoms with E-state index in [1.165, 1.54) is 15.6 Å². The summed E-state index contributed by atoms with van der Waals surface area (Å²) in [6, 6.07) is 25.2. The summed E-state index contributed by atoms with van der Waals surface area (Å²) >= 11 is 0.167. The van der Waals surface area contributed by atoms with E-state index >= 15 is 0 Å². The number of carbonyl (C=O) groups excluding carboxylic acids is 1. The second kappa shape index (κ2) is 12.5. The molecule has 1 fully saturated rings. The summed E-state index contributed by atoms with van der Waals surface area (Å²) in [5, 5.41) is 0. The molecule has 0 bridgehead atoms. The van der Waals surface area contributed by atoms with Gasteiger partial charge in [0.05, 0.1) is 0 Å². The number of hydrogen-bond acceptors (Lipinski definition) is 4. The van der Waals surface area contributed by atoms with Crippen LogP contribution in [0.25, 0.3) is 0 Å². The Morgan fingerprint density at radius 1 is 0.973 bits per heavy atom. The molecule has 1 aliphatic heterocycles. The topological polar surface area (TPSA) is 44.8 Å². The zero-order valence-electron chi connectivity index (χ0n) is 22.5. The molecular weight excluding hydrogens is 527 g/mol. The van der Waals surface area contributed by atoms with Gasteiger partial charge in [0.1, 0.15) is 0 Å². The summed E-state index contributed by atoms with van der Waals surface area (Å²) in [7, 11) is 0. The van der Waals surface area contributed by atoms with Crippen LogP contribution in [0.2, 0.25) is 0 Å². The molecule has 4 nitrogen and oxygen atoms in total. The molecule has 1 heterocycles. The molecule has 0 radical (unpaired) electrons. The van der Waals surface area contributed by atoms with Crippen LogP contribution in [0, 0.1) is 13.8 Å². The predicted octanol–water partition coefficient (Wildman–Crippen LogP) is 6.09. The van der Waals surface area contributed by atoms with Crippen molar-refractivity contribution in [1.82, 2.24) is 0 Å². The van der Waals surface area contributed by atoms with Crippen molar-refractivity contribution >= 4 is 25.2 Å². The Labute approximate surface area is 227 Å². The van der Waals surface area contributed by atoms with Gasteiger partial charge in [-0.25, -0.2) is 0 Å². The van der Waals surface area contributed by atoms with Crippen molar-refractivity contribution in [3.05, 3.63) is 101 Å². The first-order chi connectivity index (χ1) is 17.7. The van der Waals surface area contributed by atoms with Crippen molar-refractivity contribution in [3.8, 4) is 0 Å². The molecule has 4 rings (SSSR count). The number of aryl methyl sites for hydroxylation is 2. The van der Waals surface area contributed by atoms with Crippen LogP contribution < -0.4 is 4.46 Å². The normalized spacial score (nSPS) is 19.6. The summed E-state index contributed by atoms with van der Waals surface area (Å²) in [6.45, 7) is 10.8. The van der Waals surface area contributed by atoms with E-state index in [4.69, 9.17) is 14.2 Å². The molecule has 0 amide bonds. The summed E-state index contributed by atoms with van der Waals surface area (Å²) in [5.41, 5.74) is 5.45. The number of hydrogen-bond donors (Lipinski definition) is 0. The Balaban J connectivity index is 1.52. The van der Waals surface area contributed by atoms with Gasteiger partial charge in [0, 0.05) is 0 Å². The second-order valence-electron chi connectivity index (χ2n) is 10.3. The molecule has 1 aliphatic rings. The van der Waals surface area contributed by atoms with Crippen molar-refractivity contribution in [2.45, 2.75) is 76.9 Å². The van der Waals surface area contributed by atoms with Crippen LogP contribution in [0.1, 0.15) is 71.0 Å². The second-order valence-corrected chi connectivity index (χ2v) is 13.0. The molecule has 5 heteroatoms. The molecule has 3 aromatic carbocycles. The monoisotopic (exact) mass is 566 g/mol. The number of rotatable bonds is 11. The number of ketones is 1.